The lowest BCUT2D eigenvalue weighted by Gasteiger charge is -2.42. The van der Waals surface area contributed by atoms with E-state index in [4.69, 9.17) is 4.74 Å². The van der Waals surface area contributed by atoms with Gasteiger partial charge in [0.25, 0.3) is 0 Å². The van der Waals surface area contributed by atoms with Crippen LogP contribution in [0.2, 0.25) is 0 Å². The van der Waals surface area contributed by atoms with E-state index in [9.17, 15) is 17.6 Å². The molecule has 0 aromatic heterocycles. The van der Waals surface area contributed by atoms with E-state index < -0.39 is 35.3 Å². The number of rotatable bonds is 9. The molecular formula is C35H44F6O. The minimum absolute atomic E-state index is 0.232. The molecule has 0 heterocycles. The van der Waals surface area contributed by atoms with Crippen LogP contribution in [0.15, 0.2) is 30.3 Å². The Hall–Kier alpha value is -2.18. The number of benzene rings is 2. The average Bonchev–Trinajstić information content (AvgIpc) is 2.99. The summed E-state index contributed by atoms with van der Waals surface area (Å²) < 4.78 is 90.4. The number of unbranched alkanes of at least 4 members (excludes halogenated alkanes) is 1. The van der Waals surface area contributed by atoms with Gasteiger partial charge in [0, 0.05) is 11.6 Å². The SMILES string of the molecule is CCCCC1CCC(C2CCC(C3CCC(C(F)(F)Oc4ccc(-c5cc(F)c(F)c(F)c5)c(F)c4)CC3)CC2)CC1. The highest BCUT2D eigenvalue weighted by molar-refractivity contribution is 5.65. The maximum Gasteiger partial charge on any atom is 0.400 e. The van der Waals surface area contributed by atoms with Gasteiger partial charge in [-0.1, -0.05) is 39.0 Å². The largest absolute Gasteiger partial charge is 0.432 e. The fourth-order valence-electron chi connectivity index (χ4n) is 8.20. The predicted octanol–water partition coefficient (Wildman–Crippen LogP) is 11.5. The Morgan fingerprint density at radius 3 is 1.67 bits per heavy atom. The van der Waals surface area contributed by atoms with Crippen molar-refractivity contribution in [2.24, 2.45) is 35.5 Å². The van der Waals surface area contributed by atoms with Crippen molar-refractivity contribution < 1.29 is 31.1 Å². The lowest BCUT2D eigenvalue weighted by Crippen LogP contribution is -2.38. The summed E-state index contributed by atoms with van der Waals surface area (Å²) in [6.07, 6.45) is 13.4. The fraction of sp³-hybridized carbons (Fsp3) is 0.657. The summed E-state index contributed by atoms with van der Waals surface area (Å²) in [6.45, 7) is 2.27. The van der Waals surface area contributed by atoms with E-state index in [1.807, 2.05) is 0 Å². The highest BCUT2D eigenvalue weighted by atomic mass is 19.3. The van der Waals surface area contributed by atoms with E-state index in [1.165, 1.54) is 70.6 Å². The molecule has 0 saturated heterocycles. The van der Waals surface area contributed by atoms with Crippen LogP contribution in [0.3, 0.4) is 0 Å². The molecule has 2 aromatic carbocycles. The highest BCUT2D eigenvalue weighted by Crippen LogP contribution is 2.48. The minimum atomic E-state index is -3.46. The smallest absolute Gasteiger partial charge is 0.400 e. The van der Waals surface area contributed by atoms with Gasteiger partial charge in [0.1, 0.15) is 11.6 Å². The van der Waals surface area contributed by atoms with Gasteiger partial charge in [0.15, 0.2) is 17.5 Å². The van der Waals surface area contributed by atoms with Crippen LogP contribution in [0.5, 0.6) is 5.75 Å². The first kappa shape index (κ1) is 31.3. The van der Waals surface area contributed by atoms with E-state index in [-0.39, 0.29) is 16.9 Å². The van der Waals surface area contributed by atoms with Gasteiger partial charge < -0.3 is 4.74 Å². The molecule has 0 spiro atoms. The van der Waals surface area contributed by atoms with E-state index in [2.05, 4.69) is 6.92 Å². The summed E-state index contributed by atoms with van der Waals surface area (Å²) in [7, 11) is 0. The normalized spacial score (nSPS) is 28.9. The number of ether oxygens (including phenoxy) is 1. The molecule has 3 aliphatic rings. The van der Waals surface area contributed by atoms with Crippen molar-refractivity contribution >= 4 is 0 Å². The van der Waals surface area contributed by atoms with Crippen LogP contribution >= 0.6 is 0 Å². The van der Waals surface area contributed by atoms with Crippen LogP contribution in [0.4, 0.5) is 26.3 Å². The Morgan fingerprint density at radius 1 is 0.667 bits per heavy atom. The zero-order valence-electron chi connectivity index (χ0n) is 24.6. The van der Waals surface area contributed by atoms with Gasteiger partial charge in [0.2, 0.25) is 0 Å². The van der Waals surface area contributed by atoms with E-state index >= 15 is 8.78 Å². The van der Waals surface area contributed by atoms with Crippen LogP contribution in [0, 0.1) is 58.8 Å². The Morgan fingerprint density at radius 2 is 1.17 bits per heavy atom. The molecule has 0 atom stereocenters. The standard InChI is InChI=1S/C35H44F6O/c1-2-3-4-22-5-7-23(8-6-22)24-9-11-25(12-10-24)26-13-15-28(16-14-26)35(40,41)42-29-17-18-30(31(36)21-29)27-19-32(37)34(39)33(38)20-27/h17-26,28H,2-16H2,1H3. The lowest BCUT2D eigenvalue weighted by atomic mass is 9.65. The third-order valence-corrected chi connectivity index (χ3v) is 10.7. The van der Waals surface area contributed by atoms with Crippen molar-refractivity contribution in [1.29, 1.82) is 0 Å². The molecule has 0 aliphatic heterocycles. The Bertz CT molecular complexity index is 1150. The summed E-state index contributed by atoms with van der Waals surface area (Å²) >= 11 is 0. The number of halogens is 6. The highest BCUT2D eigenvalue weighted by Gasteiger charge is 2.45. The lowest BCUT2D eigenvalue weighted by molar-refractivity contribution is -0.224. The topological polar surface area (TPSA) is 9.23 Å². The average molecular weight is 595 g/mol. The molecule has 0 N–H and O–H groups in total. The fourth-order valence-corrected chi connectivity index (χ4v) is 8.20. The van der Waals surface area contributed by atoms with E-state index in [0.717, 1.165) is 48.8 Å². The second-order valence-electron chi connectivity index (χ2n) is 13.3. The second-order valence-corrected chi connectivity index (χ2v) is 13.3. The molecule has 232 valence electrons. The summed E-state index contributed by atoms with van der Waals surface area (Å²) in [5.41, 5.74) is -0.470. The number of alkyl halides is 2. The molecule has 0 bridgehead atoms. The first-order valence-electron chi connectivity index (χ1n) is 16.2. The van der Waals surface area contributed by atoms with Gasteiger partial charge in [-0.05, 0) is 124 Å². The molecule has 0 unspecified atom stereocenters. The van der Waals surface area contributed by atoms with E-state index in [1.54, 1.807) is 0 Å². The zero-order valence-corrected chi connectivity index (χ0v) is 24.6. The van der Waals surface area contributed by atoms with Crippen LogP contribution in [0.1, 0.15) is 103 Å². The molecule has 3 fully saturated rings. The monoisotopic (exact) mass is 594 g/mol. The molecule has 7 heteroatoms. The Labute approximate surface area is 246 Å². The third kappa shape index (κ3) is 7.30. The predicted molar refractivity (Wildman–Crippen MR) is 153 cm³/mol. The second kappa shape index (κ2) is 13.6. The molecule has 2 aromatic rings. The van der Waals surface area contributed by atoms with Crippen LogP contribution in [0.25, 0.3) is 11.1 Å². The van der Waals surface area contributed by atoms with Crippen LogP contribution in [-0.2, 0) is 0 Å². The summed E-state index contributed by atoms with van der Waals surface area (Å²) in [5.74, 6) is -3.10. The van der Waals surface area contributed by atoms with E-state index in [0.29, 0.717) is 36.8 Å². The van der Waals surface area contributed by atoms with Crippen molar-refractivity contribution in [3.8, 4) is 16.9 Å². The van der Waals surface area contributed by atoms with Crippen molar-refractivity contribution in [2.75, 3.05) is 0 Å². The molecule has 1 nitrogen and oxygen atoms in total. The quantitative estimate of drug-likeness (QED) is 0.207. The Kier molecular flexibility index (Phi) is 10.1. The molecular weight excluding hydrogens is 550 g/mol. The van der Waals surface area contributed by atoms with Crippen molar-refractivity contribution in [2.45, 2.75) is 109 Å². The van der Waals surface area contributed by atoms with Crippen molar-refractivity contribution in [3.05, 3.63) is 53.6 Å². The summed E-state index contributed by atoms with van der Waals surface area (Å²) in [5, 5.41) is 0. The van der Waals surface area contributed by atoms with Gasteiger partial charge >= 0.3 is 6.11 Å². The maximum atomic E-state index is 15.1. The number of hydrogen-bond donors (Lipinski definition) is 0. The first-order valence-corrected chi connectivity index (χ1v) is 16.2. The Balaban J connectivity index is 1.09. The maximum absolute atomic E-state index is 15.1. The minimum Gasteiger partial charge on any atom is -0.432 e. The zero-order chi connectivity index (χ0) is 29.9. The van der Waals surface area contributed by atoms with Gasteiger partial charge in [-0.15, -0.1) is 0 Å². The van der Waals surface area contributed by atoms with Crippen molar-refractivity contribution in [3.63, 3.8) is 0 Å². The van der Waals surface area contributed by atoms with Gasteiger partial charge in [-0.25, -0.2) is 17.6 Å². The molecule has 5 rings (SSSR count). The van der Waals surface area contributed by atoms with Gasteiger partial charge in [-0.3, -0.25) is 0 Å². The van der Waals surface area contributed by atoms with Crippen LogP contribution in [-0.4, -0.2) is 6.11 Å². The van der Waals surface area contributed by atoms with Crippen molar-refractivity contribution in [1.82, 2.24) is 0 Å². The molecule has 0 amide bonds. The molecule has 42 heavy (non-hydrogen) atoms. The molecule has 3 aliphatic carbocycles. The third-order valence-electron chi connectivity index (χ3n) is 10.7. The summed E-state index contributed by atoms with van der Waals surface area (Å²) in [6, 6.07) is 4.36. The number of hydrogen-bond acceptors (Lipinski definition) is 1. The molecule has 3 saturated carbocycles. The molecule has 0 radical (unpaired) electrons. The van der Waals surface area contributed by atoms with Gasteiger partial charge in [0.05, 0.1) is 5.92 Å². The first-order chi connectivity index (χ1) is 20.1. The summed E-state index contributed by atoms with van der Waals surface area (Å²) in [4.78, 5) is 0. The van der Waals surface area contributed by atoms with Crippen LogP contribution < -0.4 is 4.74 Å². The van der Waals surface area contributed by atoms with Gasteiger partial charge in [-0.2, -0.15) is 8.78 Å².